The Morgan fingerprint density at radius 1 is 1.27 bits per heavy atom. The van der Waals surface area contributed by atoms with Crippen molar-refractivity contribution in [3.63, 3.8) is 0 Å². The minimum absolute atomic E-state index is 0.0128. The Balaban J connectivity index is 1.79. The average Bonchev–Trinajstić information content (AvgIpc) is 3.15. The molecule has 7 heteroatoms. The van der Waals surface area contributed by atoms with Crippen LogP contribution in [0.2, 0.25) is 0 Å². The maximum absolute atomic E-state index is 6.00. The second-order valence-corrected chi connectivity index (χ2v) is 6.15. The fraction of sp³-hybridized carbons (Fsp3) is 0.267. The van der Waals surface area contributed by atoms with Gasteiger partial charge in [-0.2, -0.15) is 4.98 Å². The summed E-state index contributed by atoms with van der Waals surface area (Å²) in [5.41, 5.74) is 1.88. The summed E-state index contributed by atoms with van der Waals surface area (Å²) in [6.45, 7) is 3.99. The van der Waals surface area contributed by atoms with Crippen molar-refractivity contribution in [1.82, 2.24) is 19.8 Å². The average molecular weight is 315 g/mol. The van der Waals surface area contributed by atoms with Gasteiger partial charge in [0.05, 0.1) is 17.1 Å². The van der Waals surface area contributed by atoms with E-state index in [-0.39, 0.29) is 5.25 Å². The van der Waals surface area contributed by atoms with E-state index in [4.69, 9.17) is 10.4 Å². The molecule has 2 heterocycles. The number of imidazole rings is 1. The summed E-state index contributed by atoms with van der Waals surface area (Å²) >= 11 is 1.49. The van der Waals surface area contributed by atoms with Gasteiger partial charge in [-0.15, -0.1) is 0 Å². The number of nitrogens with zero attached hydrogens (tertiary/aromatic N) is 4. The smallest absolute Gasteiger partial charge is 0.239 e. The summed E-state index contributed by atoms with van der Waals surface area (Å²) in [6.07, 6.45) is 2.57. The zero-order chi connectivity index (χ0) is 15.5. The quantitative estimate of drug-likeness (QED) is 0.575. The fourth-order valence-electron chi connectivity index (χ4n) is 2.00. The van der Waals surface area contributed by atoms with Gasteiger partial charge in [0.15, 0.2) is 11.0 Å². The van der Waals surface area contributed by atoms with Gasteiger partial charge in [0.1, 0.15) is 0 Å². The zero-order valence-electron chi connectivity index (χ0n) is 12.4. The molecule has 2 aromatic heterocycles. The van der Waals surface area contributed by atoms with Crippen molar-refractivity contribution in [3.8, 4) is 11.3 Å². The molecular weight excluding hydrogens is 298 g/mol. The summed E-state index contributed by atoms with van der Waals surface area (Å²) in [6, 6.07) is 9.94. The highest BCUT2D eigenvalue weighted by molar-refractivity contribution is 7.99. The normalized spacial score (nSPS) is 12.5. The molecule has 0 aliphatic heterocycles. The van der Waals surface area contributed by atoms with Crippen LogP contribution < -0.4 is 5.84 Å². The molecule has 1 atom stereocenters. The molecule has 0 saturated carbocycles. The van der Waals surface area contributed by atoms with E-state index in [1.165, 1.54) is 16.4 Å². The number of nitrogen functional groups attached to an aromatic ring is 1. The van der Waals surface area contributed by atoms with Crippen LogP contribution in [0.5, 0.6) is 0 Å². The van der Waals surface area contributed by atoms with Crippen LogP contribution in [0.25, 0.3) is 11.3 Å². The first-order valence-corrected chi connectivity index (χ1v) is 7.94. The molecule has 0 saturated heterocycles. The van der Waals surface area contributed by atoms with Crippen molar-refractivity contribution in [2.24, 2.45) is 0 Å². The molecule has 0 radical (unpaired) electrons. The number of hydrogen-bond donors (Lipinski definition) is 1. The third-order valence-electron chi connectivity index (χ3n) is 3.20. The predicted octanol–water partition coefficient (Wildman–Crippen LogP) is 3.06. The van der Waals surface area contributed by atoms with Crippen LogP contribution in [0.1, 0.15) is 30.8 Å². The van der Waals surface area contributed by atoms with Crippen LogP contribution in [0.4, 0.5) is 0 Å². The minimum Gasteiger partial charge on any atom is -0.338 e. The molecule has 0 aliphatic carbocycles. The molecule has 2 N–H and O–H groups in total. The highest BCUT2D eigenvalue weighted by atomic mass is 32.2. The van der Waals surface area contributed by atoms with Gasteiger partial charge in [-0.1, -0.05) is 54.2 Å². The monoisotopic (exact) mass is 315 g/mol. The Morgan fingerprint density at radius 3 is 2.73 bits per heavy atom. The zero-order valence-corrected chi connectivity index (χ0v) is 13.2. The van der Waals surface area contributed by atoms with E-state index >= 15 is 0 Å². The highest BCUT2D eigenvalue weighted by Crippen LogP contribution is 2.34. The molecule has 0 fully saturated rings. The van der Waals surface area contributed by atoms with E-state index in [9.17, 15) is 0 Å². The lowest BCUT2D eigenvalue weighted by Crippen LogP contribution is -2.08. The lowest BCUT2D eigenvalue weighted by molar-refractivity contribution is 0.375. The molecule has 22 heavy (non-hydrogen) atoms. The maximum atomic E-state index is 6.00. The number of rotatable bonds is 5. The van der Waals surface area contributed by atoms with Gasteiger partial charge in [0.2, 0.25) is 5.89 Å². The number of aromatic nitrogens is 4. The van der Waals surface area contributed by atoms with E-state index in [1.54, 1.807) is 0 Å². The van der Waals surface area contributed by atoms with Crippen LogP contribution in [-0.4, -0.2) is 19.8 Å². The van der Waals surface area contributed by atoms with E-state index < -0.39 is 0 Å². The van der Waals surface area contributed by atoms with Crippen molar-refractivity contribution in [2.45, 2.75) is 30.7 Å². The molecule has 0 aliphatic rings. The van der Waals surface area contributed by atoms with Crippen LogP contribution in [0.3, 0.4) is 0 Å². The van der Waals surface area contributed by atoms with E-state index in [2.05, 4.69) is 15.1 Å². The number of thioether (sulfide) groups is 1. The largest absolute Gasteiger partial charge is 0.338 e. The fourth-order valence-corrected chi connectivity index (χ4v) is 2.83. The molecule has 0 spiro atoms. The SMILES string of the molecule is CCc1noc([C@@H](C)Sc2nc(-c3ccccc3)cn2N)n1. The Bertz CT molecular complexity index is 752. The van der Waals surface area contributed by atoms with Gasteiger partial charge in [-0.05, 0) is 6.92 Å². The first-order valence-electron chi connectivity index (χ1n) is 7.06. The van der Waals surface area contributed by atoms with E-state index in [1.807, 2.05) is 50.4 Å². The molecular formula is C15H17N5OS. The van der Waals surface area contributed by atoms with Crippen molar-refractivity contribution in [2.75, 3.05) is 5.84 Å². The highest BCUT2D eigenvalue weighted by Gasteiger charge is 2.18. The van der Waals surface area contributed by atoms with Crippen LogP contribution in [0.15, 0.2) is 46.2 Å². The summed E-state index contributed by atoms with van der Waals surface area (Å²) in [5, 5.41) is 4.61. The standard InChI is InChI=1S/C15H17N5OS/c1-3-13-18-14(21-19-13)10(2)22-15-17-12(9-20(15)16)11-7-5-4-6-8-11/h4-10H,3,16H2,1-2H3/t10-/m1/s1. The molecule has 114 valence electrons. The van der Waals surface area contributed by atoms with Gasteiger partial charge >= 0.3 is 0 Å². The number of benzene rings is 1. The third-order valence-corrected chi connectivity index (χ3v) is 4.27. The lowest BCUT2D eigenvalue weighted by Gasteiger charge is -2.05. The van der Waals surface area contributed by atoms with Crippen molar-refractivity contribution in [3.05, 3.63) is 48.2 Å². The molecule has 3 rings (SSSR count). The molecule has 6 nitrogen and oxygen atoms in total. The molecule has 0 amide bonds. The Labute approximate surface area is 132 Å². The molecule has 0 unspecified atom stereocenters. The van der Waals surface area contributed by atoms with Gasteiger partial charge in [0, 0.05) is 12.0 Å². The van der Waals surface area contributed by atoms with Gasteiger partial charge in [-0.25, -0.2) is 9.66 Å². The summed E-state index contributed by atoms with van der Waals surface area (Å²) in [4.78, 5) is 8.93. The Kier molecular flexibility index (Phi) is 4.15. The topological polar surface area (TPSA) is 82.8 Å². The van der Waals surface area contributed by atoms with Crippen molar-refractivity contribution >= 4 is 11.8 Å². The van der Waals surface area contributed by atoms with E-state index in [0.717, 1.165) is 17.7 Å². The van der Waals surface area contributed by atoms with Gasteiger partial charge in [0.25, 0.3) is 0 Å². The lowest BCUT2D eigenvalue weighted by atomic mass is 10.2. The Morgan fingerprint density at radius 2 is 2.05 bits per heavy atom. The summed E-state index contributed by atoms with van der Waals surface area (Å²) in [7, 11) is 0. The molecule has 3 aromatic rings. The Hall–Kier alpha value is -2.28. The van der Waals surface area contributed by atoms with Crippen molar-refractivity contribution < 1.29 is 4.52 Å². The number of hydrogen-bond acceptors (Lipinski definition) is 6. The number of nitrogens with two attached hydrogens (primary N) is 1. The number of aryl methyl sites for hydroxylation is 1. The first-order chi connectivity index (χ1) is 10.7. The second-order valence-electron chi connectivity index (χ2n) is 4.84. The van der Waals surface area contributed by atoms with Crippen LogP contribution in [0, 0.1) is 0 Å². The first kappa shape index (κ1) is 14.6. The van der Waals surface area contributed by atoms with Crippen LogP contribution >= 0.6 is 11.8 Å². The molecule has 1 aromatic carbocycles. The second kappa shape index (κ2) is 6.23. The third kappa shape index (κ3) is 2.99. The maximum Gasteiger partial charge on any atom is 0.239 e. The van der Waals surface area contributed by atoms with Gasteiger partial charge in [-0.3, -0.25) is 0 Å². The van der Waals surface area contributed by atoms with Gasteiger partial charge < -0.3 is 10.4 Å². The van der Waals surface area contributed by atoms with Crippen molar-refractivity contribution in [1.29, 1.82) is 0 Å². The summed E-state index contributed by atoms with van der Waals surface area (Å²) in [5.74, 6) is 7.30. The summed E-state index contributed by atoms with van der Waals surface area (Å²) < 4.78 is 6.79. The molecule has 0 bridgehead atoms. The van der Waals surface area contributed by atoms with Crippen LogP contribution in [-0.2, 0) is 6.42 Å². The minimum atomic E-state index is -0.0128. The van der Waals surface area contributed by atoms with E-state index in [0.29, 0.717) is 16.9 Å². The predicted molar refractivity (Wildman–Crippen MR) is 85.8 cm³/mol.